The molecule has 0 radical (unpaired) electrons. The van der Waals surface area contributed by atoms with Gasteiger partial charge in [-0.05, 0) is 79.5 Å². The Bertz CT molecular complexity index is 1160. The smallest absolute Gasteiger partial charge is 0.475 e. The zero-order valence-electron chi connectivity index (χ0n) is 20.1. The molecule has 9 heteroatoms. The standard InChI is InChI=1S/C28H28F3NO5/c29-28(30,31)26(34)37-25(33)9-7-18-6-8-23(22-4-2-1-3-5-22)24(13-18)36-17-32(35)27-14-19-10-20(15-27)12-21(11-19)16-27/h1-9,13,19-21,35H,10-12,14-17H2/b9-7+. The van der Waals surface area contributed by atoms with Crippen LogP contribution in [0.3, 0.4) is 0 Å². The maximum atomic E-state index is 12.3. The van der Waals surface area contributed by atoms with Crippen molar-refractivity contribution in [2.75, 3.05) is 6.73 Å². The Morgan fingerprint density at radius 3 is 2.22 bits per heavy atom. The van der Waals surface area contributed by atoms with Crippen molar-refractivity contribution in [3.8, 4) is 16.9 Å². The van der Waals surface area contributed by atoms with E-state index in [1.165, 1.54) is 30.4 Å². The number of esters is 2. The Hall–Kier alpha value is -3.17. The summed E-state index contributed by atoms with van der Waals surface area (Å²) in [5, 5.41) is 12.5. The summed E-state index contributed by atoms with van der Waals surface area (Å²) >= 11 is 0. The quantitative estimate of drug-likeness (QED) is 0.160. The average molecular weight is 516 g/mol. The number of hydrogen-bond donors (Lipinski definition) is 1. The fourth-order valence-electron chi connectivity index (χ4n) is 6.61. The SMILES string of the molecule is O=C(/C=C/c1ccc(-c2ccccc2)c(OCN(O)C23CC4CC(CC(C4)C2)C3)c1)OC(=O)C(F)(F)F. The zero-order valence-corrected chi connectivity index (χ0v) is 20.1. The van der Waals surface area contributed by atoms with Crippen LogP contribution in [0.2, 0.25) is 0 Å². The summed E-state index contributed by atoms with van der Waals surface area (Å²) in [5.41, 5.74) is 1.81. The molecule has 4 aliphatic rings. The normalized spacial score (nSPS) is 26.6. The van der Waals surface area contributed by atoms with Gasteiger partial charge in [0.25, 0.3) is 0 Å². The van der Waals surface area contributed by atoms with Gasteiger partial charge in [0, 0.05) is 11.6 Å². The highest BCUT2D eigenvalue weighted by Crippen LogP contribution is 2.57. The second-order valence-corrected chi connectivity index (χ2v) is 10.5. The molecule has 0 heterocycles. The van der Waals surface area contributed by atoms with E-state index in [9.17, 15) is 28.0 Å². The molecule has 1 N–H and O–H groups in total. The summed E-state index contributed by atoms with van der Waals surface area (Å²) < 4.78 is 46.9. The molecular weight excluding hydrogens is 487 g/mol. The minimum absolute atomic E-state index is 0.0404. The highest BCUT2D eigenvalue weighted by Gasteiger charge is 2.53. The summed E-state index contributed by atoms with van der Waals surface area (Å²) in [6, 6.07) is 14.5. The van der Waals surface area contributed by atoms with Crippen LogP contribution in [0, 0.1) is 17.8 Å². The third-order valence-electron chi connectivity index (χ3n) is 7.82. The molecule has 196 valence electrons. The van der Waals surface area contributed by atoms with Gasteiger partial charge in [-0.25, -0.2) is 9.59 Å². The molecule has 4 fully saturated rings. The van der Waals surface area contributed by atoms with Crippen LogP contribution in [0.25, 0.3) is 17.2 Å². The van der Waals surface area contributed by atoms with Crippen molar-refractivity contribution in [1.82, 2.24) is 5.06 Å². The molecule has 4 saturated carbocycles. The summed E-state index contributed by atoms with van der Waals surface area (Å²) in [6.45, 7) is -0.0404. The van der Waals surface area contributed by atoms with Crippen LogP contribution in [0.4, 0.5) is 13.2 Å². The fraction of sp³-hybridized carbons (Fsp3) is 0.429. The third-order valence-corrected chi connectivity index (χ3v) is 7.82. The van der Waals surface area contributed by atoms with Crippen LogP contribution in [0.5, 0.6) is 5.75 Å². The van der Waals surface area contributed by atoms with Crippen molar-refractivity contribution in [3.05, 3.63) is 60.2 Å². The number of hydroxylamine groups is 2. The van der Waals surface area contributed by atoms with E-state index in [1.54, 1.807) is 18.2 Å². The molecule has 0 atom stereocenters. The van der Waals surface area contributed by atoms with Gasteiger partial charge in [0.05, 0.1) is 5.54 Å². The number of hydrogen-bond acceptors (Lipinski definition) is 6. The molecule has 0 spiro atoms. The molecule has 0 aliphatic heterocycles. The van der Waals surface area contributed by atoms with E-state index in [-0.39, 0.29) is 12.3 Å². The minimum atomic E-state index is -5.26. The lowest BCUT2D eigenvalue weighted by molar-refractivity contribution is -0.251. The molecule has 6 rings (SSSR count). The van der Waals surface area contributed by atoms with Gasteiger partial charge in [-0.3, -0.25) is 0 Å². The summed E-state index contributed by atoms with van der Waals surface area (Å²) in [4.78, 5) is 22.5. The topological polar surface area (TPSA) is 76.1 Å². The first kappa shape index (κ1) is 25.5. The number of benzene rings is 2. The van der Waals surface area contributed by atoms with Gasteiger partial charge in [-0.2, -0.15) is 13.2 Å². The number of carbonyl (C=O) groups is 2. The Labute approximate surface area is 212 Å². The summed E-state index contributed by atoms with van der Waals surface area (Å²) in [5.74, 6) is -1.61. The highest BCUT2D eigenvalue weighted by atomic mass is 19.4. The van der Waals surface area contributed by atoms with Gasteiger partial charge in [0.2, 0.25) is 0 Å². The van der Waals surface area contributed by atoms with Crippen molar-refractivity contribution in [3.63, 3.8) is 0 Å². The Morgan fingerprint density at radius 1 is 1.00 bits per heavy atom. The predicted molar refractivity (Wildman–Crippen MR) is 128 cm³/mol. The van der Waals surface area contributed by atoms with E-state index in [0.717, 1.165) is 36.5 Å². The molecular formula is C28H28F3NO5. The Balaban J connectivity index is 1.33. The van der Waals surface area contributed by atoms with Crippen LogP contribution in [-0.4, -0.2) is 40.7 Å². The number of ether oxygens (including phenoxy) is 2. The van der Waals surface area contributed by atoms with Gasteiger partial charge in [0.1, 0.15) is 5.75 Å². The molecule has 0 saturated heterocycles. The van der Waals surface area contributed by atoms with Crippen LogP contribution in [0.15, 0.2) is 54.6 Å². The number of alkyl halides is 3. The summed E-state index contributed by atoms with van der Waals surface area (Å²) in [6.07, 6.45) is 3.37. The van der Waals surface area contributed by atoms with E-state index < -0.39 is 18.1 Å². The lowest BCUT2D eigenvalue weighted by Crippen LogP contribution is -2.59. The first-order valence-corrected chi connectivity index (χ1v) is 12.4. The van der Waals surface area contributed by atoms with Crippen molar-refractivity contribution in [2.45, 2.75) is 50.2 Å². The van der Waals surface area contributed by atoms with Crippen LogP contribution < -0.4 is 4.74 Å². The molecule has 0 amide bonds. The van der Waals surface area contributed by atoms with Gasteiger partial charge in [0.15, 0.2) is 6.73 Å². The molecule has 4 bridgehead atoms. The fourth-order valence-corrected chi connectivity index (χ4v) is 6.61. The van der Waals surface area contributed by atoms with E-state index >= 15 is 0 Å². The molecule has 0 aromatic heterocycles. The predicted octanol–water partition coefficient (Wildman–Crippen LogP) is 6.00. The number of carbonyl (C=O) groups excluding carboxylic acids is 2. The van der Waals surface area contributed by atoms with E-state index in [2.05, 4.69) is 4.74 Å². The van der Waals surface area contributed by atoms with Gasteiger partial charge < -0.3 is 14.7 Å². The van der Waals surface area contributed by atoms with Gasteiger partial charge in [-0.15, -0.1) is 5.06 Å². The lowest BCUT2D eigenvalue weighted by atomic mass is 9.53. The van der Waals surface area contributed by atoms with Crippen molar-refractivity contribution >= 4 is 18.0 Å². The monoisotopic (exact) mass is 515 g/mol. The largest absolute Gasteiger partial charge is 0.491 e. The Kier molecular flexibility index (Phi) is 6.85. The van der Waals surface area contributed by atoms with Crippen LogP contribution in [-0.2, 0) is 14.3 Å². The second-order valence-electron chi connectivity index (χ2n) is 10.5. The molecule has 2 aromatic carbocycles. The maximum absolute atomic E-state index is 12.3. The Morgan fingerprint density at radius 2 is 1.62 bits per heavy atom. The maximum Gasteiger partial charge on any atom is 0.491 e. The van der Waals surface area contributed by atoms with Crippen molar-refractivity contribution in [2.24, 2.45) is 17.8 Å². The molecule has 37 heavy (non-hydrogen) atoms. The van der Waals surface area contributed by atoms with E-state index in [0.29, 0.717) is 29.1 Å². The van der Waals surface area contributed by atoms with Crippen LogP contribution >= 0.6 is 0 Å². The molecule has 2 aromatic rings. The second kappa shape index (κ2) is 9.95. The third kappa shape index (κ3) is 5.57. The number of nitrogens with zero attached hydrogens (tertiary/aromatic N) is 1. The lowest BCUT2D eigenvalue weighted by Gasteiger charge is -2.58. The summed E-state index contributed by atoms with van der Waals surface area (Å²) in [7, 11) is 0. The average Bonchev–Trinajstić information content (AvgIpc) is 2.85. The first-order chi connectivity index (χ1) is 17.6. The van der Waals surface area contributed by atoms with Gasteiger partial charge >= 0.3 is 18.1 Å². The van der Waals surface area contributed by atoms with Crippen molar-refractivity contribution in [1.29, 1.82) is 0 Å². The van der Waals surface area contributed by atoms with Gasteiger partial charge in [-0.1, -0.05) is 42.5 Å². The number of halogens is 3. The van der Waals surface area contributed by atoms with Crippen molar-refractivity contribution < 1.29 is 37.4 Å². The molecule has 6 nitrogen and oxygen atoms in total. The molecule has 4 aliphatic carbocycles. The highest BCUT2D eigenvalue weighted by molar-refractivity contribution is 5.96. The zero-order chi connectivity index (χ0) is 26.2. The number of rotatable bonds is 7. The molecule has 0 unspecified atom stereocenters. The minimum Gasteiger partial charge on any atom is -0.475 e. The van der Waals surface area contributed by atoms with Crippen LogP contribution in [0.1, 0.15) is 44.1 Å². The van der Waals surface area contributed by atoms with E-state index in [1.807, 2.05) is 30.3 Å². The first-order valence-electron chi connectivity index (χ1n) is 12.4. The van der Waals surface area contributed by atoms with E-state index in [4.69, 9.17) is 4.74 Å².